The van der Waals surface area contributed by atoms with Crippen molar-refractivity contribution in [3.63, 3.8) is 0 Å². The maximum Gasteiger partial charge on any atom is 0.275 e. The normalized spacial score (nSPS) is 10.2. The Labute approximate surface area is 123 Å². The van der Waals surface area contributed by atoms with Crippen molar-refractivity contribution in [1.29, 1.82) is 0 Å². The van der Waals surface area contributed by atoms with Crippen LogP contribution in [0.5, 0.6) is 0 Å². The van der Waals surface area contributed by atoms with E-state index in [1.54, 1.807) is 12.1 Å². The molecule has 0 aliphatic rings. The fourth-order valence-corrected chi connectivity index (χ4v) is 1.80. The molecule has 0 bridgehead atoms. The van der Waals surface area contributed by atoms with Crippen LogP contribution in [0.4, 0.5) is 11.5 Å². The Kier molecular flexibility index (Phi) is 5.22. The van der Waals surface area contributed by atoms with Crippen LogP contribution in [-0.2, 0) is 6.42 Å². The maximum atomic E-state index is 12.0. The lowest BCUT2D eigenvalue weighted by Crippen LogP contribution is -2.14. The molecule has 0 radical (unpaired) electrons. The first kappa shape index (κ1) is 14.9. The van der Waals surface area contributed by atoms with Crippen LogP contribution in [0.2, 0.25) is 0 Å². The van der Waals surface area contributed by atoms with Crippen molar-refractivity contribution in [2.45, 2.75) is 13.3 Å². The number of aliphatic hydroxyl groups is 1. The molecule has 21 heavy (non-hydrogen) atoms. The number of rotatable bonds is 6. The molecular weight excluding hydrogens is 268 g/mol. The van der Waals surface area contributed by atoms with Crippen molar-refractivity contribution in [2.24, 2.45) is 0 Å². The van der Waals surface area contributed by atoms with Crippen molar-refractivity contribution in [2.75, 3.05) is 23.8 Å². The highest BCUT2D eigenvalue weighted by atomic mass is 16.2. The summed E-state index contributed by atoms with van der Waals surface area (Å²) >= 11 is 0. The van der Waals surface area contributed by atoms with Gasteiger partial charge < -0.3 is 15.7 Å². The quantitative estimate of drug-likeness (QED) is 0.752. The third kappa shape index (κ3) is 4.25. The lowest BCUT2D eigenvalue weighted by molar-refractivity contribution is 0.102. The highest BCUT2D eigenvalue weighted by Gasteiger charge is 2.08. The first-order valence-corrected chi connectivity index (χ1v) is 6.80. The molecule has 1 amide bonds. The standard InChI is InChI=1S/C15H18N4O2/c1-2-16-14-10-17-13(9-18-14)15(21)19-12-5-3-11(4-6-12)7-8-20/h3-6,9-10,20H,2,7-8H2,1H3,(H,16,18)(H,19,21). The topological polar surface area (TPSA) is 87.1 Å². The molecule has 110 valence electrons. The fraction of sp³-hybridized carbons (Fsp3) is 0.267. The van der Waals surface area contributed by atoms with Crippen LogP contribution < -0.4 is 10.6 Å². The van der Waals surface area contributed by atoms with Gasteiger partial charge in [0.15, 0.2) is 0 Å². The second-order valence-electron chi connectivity index (χ2n) is 4.44. The largest absolute Gasteiger partial charge is 0.396 e. The van der Waals surface area contributed by atoms with Gasteiger partial charge in [-0.3, -0.25) is 4.79 Å². The molecule has 0 fully saturated rings. The number of hydrogen-bond donors (Lipinski definition) is 3. The monoisotopic (exact) mass is 286 g/mol. The Bertz CT molecular complexity index is 582. The summed E-state index contributed by atoms with van der Waals surface area (Å²) in [5.74, 6) is 0.336. The van der Waals surface area contributed by atoms with Gasteiger partial charge in [-0.25, -0.2) is 9.97 Å². The summed E-state index contributed by atoms with van der Waals surface area (Å²) in [5.41, 5.74) is 1.96. The summed E-state index contributed by atoms with van der Waals surface area (Å²) in [7, 11) is 0. The molecule has 6 nitrogen and oxygen atoms in total. The van der Waals surface area contributed by atoms with E-state index in [2.05, 4.69) is 20.6 Å². The van der Waals surface area contributed by atoms with Crippen molar-refractivity contribution in [3.8, 4) is 0 Å². The predicted molar refractivity (Wildman–Crippen MR) is 81.4 cm³/mol. The third-order valence-electron chi connectivity index (χ3n) is 2.85. The first-order valence-electron chi connectivity index (χ1n) is 6.80. The Hall–Kier alpha value is -2.47. The Morgan fingerprint density at radius 3 is 2.52 bits per heavy atom. The van der Waals surface area contributed by atoms with Crippen molar-refractivity contribution < 1.29 is 9.90 Å². The van der Waals surface area contributed by atoms with E-state index in [-0.39, 0.29) is 18.2 Å². The van der Waals surface area contributed by atoms with Gasteiger partial charge in [-0.15, -0.1) is 0 Å². The molecule has 0 spiro atoms. The van der Waals surface area contributed by atoms with E-state index in [1.807, 2.05) is 19.1 Å². The summed E-state index contributed by atoms with van der Waals surface area (Å²) < 4.78 is 0. The van der Waals surface area contributed by atoms with Crippen LogP contribution in [0.3, 0.4) is 0 Å². The Balaban J connectivity index is 2.00. The zero-order valence-corrected chi connectivity index (χ0v) is 11.8. The van der Waals surface area contributed by atoms with Crippen molar-refractivity contribution in [3.05, 3.63) is 47.9 Å². The van der Waals surface area contributed by atoms with E-state index >= 15 is 0 Å². The number of hydrogen-bond acceptors (Lipinski definition) is 5. The minimum atomic E-state index is -0.305. The van der Waals surface area contributed by atoms with Gasteiger partial charge in [-0.05, 0) is 31.0 Å². The molecule has 1 aromatic heterocycles. The minimum absolute atomic E-state index is 0.111. The average Bonchev–Trinajstić information content (AvgIpc) is 2.50. The van der Waals surface area contributed by atoms with Crippen LogP contribution in [0, 0.1) is 0 Å². The van der Waals surface area contributed by atoms with Gasteiger partial charge in [-0.1, -0.05) is 12.1 Å². The van der Waals surface area contributed by atoms with Crippen LogP contribution in [0.1, 0.15) is 23.0 Å². The maximum absolute atomic E-state index is 12.0. The second-order valence-corrected chi connectivity index (χ2v) is 4.44. The van der Waals surface area contributed by atoms with E-state index in [0.717, 1.165) is 12.1 Å². The summed E-state index contributed by atoms with van der Waals surface area (Å²) in [6.07, 6.45) is 3.57. The van der Waals surface area contributed by atoms with Gasteiger partial charge in [0.2, 0.25) is 0 Å². The van der Waals surface area contributed by atoms with Gasteiger partial charge in [0.1, 0.15) is 11.5 Å². The number of aliphatic hydroxyl groups excluding tert-OH is 1. The van der Waals surface area contributed by atoms with Gasteiger partial charge >= 0.3 is 0 Å². The number of amides is 1. The lowest BCUT2D eigenvalue weighted by Gasteiger charge is -2.06. The molecule has 0 unspecified atom stereocenters. The molecule has 2 rings (SSSR count). The molecule has 0 saturated carbocycles. The smallest absolute Gasteiger partial charge is 0.275 e. The summed E-state index contributed by atoms with van der Waals surface area (Å²) in [6.45, 7) is 2.82. The number of carbonyl (C=O) groups excluding carboxylic acids is 1. The number of aromatic nitrogens is 2. The van der Waals surface area contributed by atoms with Gasteiger partial charge in [-0.2, -0.15) is 0 Å². The van der Waals surface area contributed by atoms with E-state index < -0.39 is 0 Å². The lowest BCUT2D eigenvalue weighted by atomic mass is 10.1. The third-order valence-corrected chi connectivity index (χ3v) is 2.85. The molecule has 0 atom stereocenters. The zero-order valence-electron chi connectivity index (χ0n) is 11.8. The summed E-state index contributed by atoms with van der Waals surface area (Å²) in [5, 5.41) is 14.6. The number of nitrogens with one attached hydrogen (secondary N) is 2. The first-order chi connectivity index (χ1) is 10.2. The molecule has 0 saturated heterocycles. The van der Waals surface area contributed by atoms with Crippen molar-refractivity contribution >= 4 is 17.4 Å². The van der Waals surface area contributed by atoms with E-state index in [0.29, 0.717) is 17.9 Å². The number of benzene rings is 1. The summed E-state index contributed by atoms with van der Waals surface area (Å²) in [6, 6.07) is 7.32. The number of anilines is 2. The SMILES string of the molecule is CCNc1cnc(C(=O)Nc2ccc(CCO)cc2)cn1. The van der Waals surface area contributed by atoms with Crippen LogP contribution in [-0.4, -0.2) is 34.1 Å². The van der Waals surface area contributed by atoms with E-state index in [4.69, 9.17) is 5.11 Å². The zero-order chi connectivity index (χ0) is 15.1. The molecule has 0 aliphatic carbocycles. The van der Waals surface area contributed by atoms with E-state index in [1.165, 1.54) is 12.4 Å². The number of carbonyl (C=O) groups is 1. The van der Waals surface area contributed by atoms with Gasteiger partial charge in [0.05, 0.1) is 12.4 Å². The molecular formula is C15H18N4O2. The fourth-order valence-electron chi connectivity index (χ4n) is 1.80. The molecule has 2 aromatic rings. The molecule has 0 aliphatic heterocycles. The molecule has 1 aromatic carbocycles. The molecule has 1 heterocycles. The highest BCUT2D eigenvalue weighted by Crippen LogP contribution is 2.11. The molecule has 6 heteroatoms. The predicted octanol–water partition coefficient (Wildman–Crippen LogP) is 1.70. The minimum Gasteiger partial charge on any atom is -0.396 e. The van der Waals surface area contributed by atoms with Crippen LogP contribution in [0.25, 0.3) is 0 Å². The van der Waals surface area contributed by atoms with Crippen LogP contribution >= 0.6 is 0 Å². The highest BCUT2D eigenvalue weighted by molar-refractivity contribution is 6.02. The second kappa shape index (κ2) is 7.35. The van der Waals surface area contributed by atoms with Gasteiger partial charge in [0.25, 0.3) is 5.91 Å². The number of nitrogens with zero attached hydrogens (tertiary/aromatic N) is 2. The Morgan fingerprint density at radius 2 is 1.95 bits per heavy atom. The van der Waals surface area contributed by atoms with Crippen LogP contribution in [0.15, 0.2) is 36.7 Å². The van der Waals surface area contributed by atoms with Crippen molar-refractivity contribution in [1.82, 2.24) is 9.97 Å². The van der Waals surface area contributed by atoms with E-state index in [9.17, 15) is 4.79 Å². The van der Waals surface area contributed by atoms with Gasteiger partial charge in [0, 0.05) is 18.8 Å². The Morgan fingerprint density at radius 1 is 1.19 bits per heavy atom. The molecule has 3 N–H and O–H groups in total. The summed E-state index contributed by atoms with van der Waals surface area (Å²) in [4.78, 5) is 20.2. The average molecular weight is 286 g/mol.